The maximum Gasteiger partial charge on any atom is 0.0110 e. The zero-order chi connectivity index (χ0) is 10.8. The maximum absolute atomic E-state index is 3.71. The van der Waals surface area contributed by atoms with E-state index in [0.717, 1.165) is 11.8 Å². The van der Waals surface area contributed by atoms with Gasteiger partial charge in [-0.3, -0.25) is 0 Å². The van der Waals surface area contributed by atoms with Gasteiger partial charge in [0.15, 0.2) is 0 Å². The summed E-state index contributed by atoms with van der Waals surface area (Å²) in [5.74, 6) is 1.55. The summed E-state index contributed by atoms with van der Waals surface area (Å²) in [6, 6.07) is 0.694. The van der Waals surface area contributed by atoms with Gasteiger partial charge in [0.25, 0.3) is 0 Å². The predicted molar refractivity (Wildman–Crippen MR) is 65.8 cm³/mol. The number of rotatable bonds is 2. The van der Waals surface area contributed by atoms with Gasteiger partial charge in [-0.1, -0.05) is 32.9 Å². The van der Waals surface area contributed by atoms with E-state index in [1.165, 1.54) is 25.8 Å². The molecule has 0 amide bonds. The minimum atomic E-state index is 0.694. The first-order chi connectivity index (χ1) is 7.15. The molecule has 0 aromatic carbocycles. The highest BCUT2D eigenvalue weighted by molar-refractivity contribution is 5.45. The third-order valence-corrected chi connectivity index (χ3v) is 3.52. The van der Waals surface area contributed by atoms with Gasteiger partial charge < -0.3 is 5.32 Å². The van der Waals surface area contributed by atoms with Gasteiger partial charge in [-0.2, -0.15) is 0 Å². The standard InChI is InChI=1S/C14H23N/c1-10(2)6-14-9-12-7-13(8-12)11(3)4-5-15-14/h7-8,10-11,14-15H,4-6,9H2,1-3H3. The van der Waals surface area contributed by atoms with Crippen LogP contribution in [-0.4, -0.2) is 12.6 Å². The highest BCUT2D eigenvalue weighted by atomic mass is 14.9. The Morgan fingerprint density at radius 2 is 2.13 bits per heavy atom. The van der Waals surface area contributed by atoms with E-state index < -0.39 is 0 Å². The number of nitrogens with one attached hydrogen (secondary N) is 1. The molecule has 0 saturated heterocycles. The molecule has 0 saturated carbocycles. The Hall–Kier alpha value is -0.560. The largest absolute Gasteiger partial charge is 0.314 e. The van der Waals surface area contributed by atoms with Crippen molar-refractivity contribution in [1.82, 2.24) is 5.32 Å². The summed E-state index contributed by atoms with van der Waals surface area (Å²) in [4.78, 5) is 0. The quantitative estimate of drug-likeness (QED) is 0.729. The lowest BCUT2D eigenvalue weighted by molar-refractivity contribution is 0.410. The summed E-state index contributed by atoms with van der Waals surface area (Å²) in [5, 5.41) is 3.71. The van der Waals surface area contributed by atoms with E-state index in [0.29, 0.717) is 6.04 Å². The van der Waals surface area contributed by atoms with Crippen molar-refractivity contribution in [2.75, 3.05) is 6.54 Å². The lowest BCUT2D eigenvalue weighted by Crippen LogP contribution is -2.31. The van der Waals surface area contributed by atoms with Crippen molar-refractivity contribution in [3.63, 3.8) is 0 Å². The van der Waals surface area contributed by atoms with Gasteiger partial charge in [0.1, 0.15) is 0 Å². The SMILES string of the molecule is CC(C)CC1CC2=CC(=C2)C(C)CCN1. The van der Waals surface area contributed by atoms with E-state index in [-0.39, 0.29) is 0 Å². The van der Waals surface area contributed by atoms with Gasteiger partial charge >= 0.3 is 0 Å². The van der Waals surface area contributed by atoms with Gasteiger partial charge in [0.2, 0.25) is 0 Å². The molecule has 15 heavy (non-hydrogen) atoms. The number of allylic oxidation sites excluding steroid dienone is 3. The van der Waals surface area contributed by atoms with Crippen LogP contribution in [-0.2, 0) is 0 Å². The molecule has 3 aliphatic rings. The highest BCUT2D eigenvalue weighted by Gasteiger charge is 2.21. The molecule has 84 valence electrons. The van der Waals surface area contributed by atoms with E-state index in [9.17, 15) is 0 Å². The van der Waals surface area contributed by atoms with Crippen LogP contribution in [0.3, 0.4) is 0 Å². The van der Waals surface area contributed by atoms with Gasteiger partial charge in [0.05, 0.1) is 0 Å². The summed E-state index contributed by atoms with van der Waals surface area (Å²) in [5.41, 5.74) is 3.12. The van der Waals surface area contributed by atoms with Crippen molar-refractivity contribution in [2.45, 2.75) is 46.1 Å². The fourth-order valence-corrected chi connectivity index (χ4v) is 2.58. The molecule has 3 rings (SSSR count). The molecular weight excluding hydrogens is 182 g/mol. The van der Waals surface area contributed by atoms with Gasteiger partial charge in [-0.05, 0) is 48.8 Å². The lowest BCUT2D eigenvalue weighted by atomic mass is 9.85. The second kappa shape index (κ2) is 4.52. The number of fused-ring (bicyclic) bond motifs is 5. The molecule has 1 nitrogen and oxygen atoms in total. The van der Waals surface area contributed by atoms with Gasteiger partial charge in [-0.25, -0.2) is 0 Å². The highest BCUT2D eigenvalue weighted by Crippen LogP contribution is 2.31. The van der Waals surface area contributed by atoms with Crippen LogP contribution in [0.15, 0.2) is 23.3 Å². The molecule has 2 aliphatic heterocycles. The lowest BCUT2D eigenvalue weighted by Gasteiger charge is -2.22. The first kappa shape index (κ1) is 10.9. The Bertz CT molecular complexity index is 286. The van der Waals surface area contributed by atoms with Crippen LogP contribution in [0, 0.1) is 11.8 Å². The molecule has 0 fully saturated rings. The topological polar surface area (TPSA) is 12.0 Å². The smallest absolute Gasteiger partial charge is 0.0110 e. The molecule has 2 atom stereocenters. The molecule has 0 aromatic heterocycles. The zero-order valence-corrected chi connectivity index (χ0v) is 10.2. The molecule has 0 aromatic rings. The molecule has 1 N–H and O–H groups in total. The molecule has 2 heterocycles. The van der Waals surface area contributed by atoms with Gasteiger partial charge in [-0.15, -0.1) is 0 Å². The van der Waals surface area contributed by atoms with Crippen molar-refractivity contribution in [2.24, 2.45) is 11.8 Å². The zero-order valence-electron chi connectivity index (χ0n) is 10.2. The van der Waals surface area contributed by atoms with Crippen molar-refractivity contribution in [1.29, 1.82) is 0 Å². The number of hydrogen-bond donors (Lipinski definition) is 1. The Balaban J connectivity index is 1.95. The van der Waals surface area contributed by atoms with E-state index in [2.05, 4.69) is 38.2 Å². The summed E-state index contributed by atoms with van der Waals surface area (Å²) in [6.07, 6.45) is 8.63. The Morgan fingerprint density at radius 3 is 2.80 bits per heavy atom. The summed E-state index contributed by atoms with van der Waals surface area (Å²) in [6.45, 7) is 8.14. The minimum Gasteiger partial charge on any atom is -0.314 e. The van der Waals surface area contributed by atoms with Crippen LogP contribution in [0.5, 0.6) is 0 Å². The Morgan fingerprint density at radius 1 is 1.40 bits per heavy atom. The van der Waals surface area contributed by atoms with E-state index >= 15 is 0 Å². The normalized spacial score (nSPS) is 30.9. The maximum atomic E-state index is 3.71. The third-order valence-electron chi connectivity index (χ3n) is 3.52. The van der Waals surface area contributed by atoms with Crippen LogP contribution in [0.2, 0.25) is 0 Å². The molecule has 1 heteroatoms. The monoisotopic (exact) mass is 205 g/mol. The van der Waals surface area contributed by atoms with E-state index in [1.54, 1.807) is 11.1 Å². The van der Waals surface area contributed by atoms with E-state index in [1.807, 2.05) is 0 Å². The average molecular weight is 205 g/mol. The second-order valence-corrected chi connectivity index (χ2v) is 5.54. The number of hydrogen-bond acceptors (Lipinski definition) is 1. The summed E-state index contributed by atoms with van der Waals surface area (Å²) >= 11 is 0. The van der Waals surface area contributed by atoms with Crippen LogP contribution in [0.4, 0.5) is 0 Å². The first-order valence-electron chi connectivity index (χ1n) is 6.30. The van der Waals surface area contributed by atoms with Crippen molar-refractivity contribution >= 4 is 0 Å². The van der Waals surface area contributed by atoms with Crippen molar-refractivity contribution < 1.29 is 0 Å². The predicted octanol–water partition coefficient (Wildman–Crippen LogP) is 3.29. The molecular formula is C14H23N. The van der Waals surface area contributed by atoms with Crippen LogP contribution in [0.1, 0.15) is 40.0 Å². The average Bonchev–Trinajstić information content (AvgIpc) is 2.17. The van der Waals surface area contributed by atoms with Crippen molar-refractivity contribution in [3.05, 3.63) is 23.3 Å². The van der Waals surface area contributed by atoms with Crippen LogP contribution < -0.4 is 5.32 Å². The van der Waals surface area contributed by atoms with Crippen molar-refractivity contribution in [3.8, 4) is 0 Å². The Kier molecular flexibility index (Phi) is 3.30. The second-order valence-electron chi connectivity index (χ2n) is 5.54. The summed E-state index contributed by atoms with van der Waals surface area (Å²) in [7, 11) is 0. The molecule has 0 spiro atoms. The fraction of sp³-hybridized carbons (Fsp3) is 0.714. The third kappa shape index (κ3) is 2.72. The summed E-state index contributed by atoms with van der Waals surface area (Å²) < 4.78 is 0. The Labute approximate surface area is 93.6 Å². The molecule has 1 aliphatic carbocycles. The molecule has 0 radical (unpaired) electrons. The minimum absolute atomic E-state index is 0.694. The molecule has 2 bridgehead atoms. The fourth-order valence-electron chi connectivity index (χ4n) is 2.58. The van der Waals surface area contributed by atoms with E-state index in [4.69, 9.17) is 0 Å². The first-order valence-corrected chi connectivity index (χ1v) is 6.30. The molecule has 2 unspecified atom stereocenters. The van der Waals surface area contributed by atoms with Gasteiger partial charge in [0, 0.05) is 6.04 Å². The van der Waals surface area contributed by atoms with Crippen LogP contribution >= 0.6 is 0 Å². The van der Waals surface area contributed by atoms with Crippen LogP contribution in [0.25, 0.3) is 0 Å².